The molecule has 2 bridgehead atoms. The van der Waals surface area contributed by atoms with Crippen molar-refractivity contribution in [2.75, 3.05) is 11.9 Å². The number of imide groups is 1. The van der Waals surface area contributed by atoms with Crippen molar-refractivity contribution in [2.24, 2.45) is 11.8 Å². The fourth-order valence-corrected chi connectivity index (χ4v) is 7.66. The number of hydrogen-bond acceptors (Lipinski definition) is 3. The number of carbonyl (C=O) groups excluding carboxylic acids is 3. The van der Waals surface area contributed by atoms with Crippen LogP contribution in [0.1, 0.15) is 47.9 Å². The van der Waals surface area contributed by atoms with E-state index in [2.05, 4.69) is 5.32 Å². The average Bonchev–Trinajstić information content (AvgIpc) is 3.19. The number of amides is 3. The topological polar surface area (TPSA) is 66.5 Å². The molecule has 5 nitrogen and oxygen atoms in total. The lowest BCUT2D eigenvalue weighted by Crippen LogP contribution is -2.57. The molecule has 8 heteroatoms. The highest BCUT2D eigenvalue weighted by atomic mass is 35.5. The fraction of sp³-hybridized carbons (Fsp3) is 0.300. The molecule has 3 aromatic rings. The van der Waals surface area contributed by atoms with E-state index >= 15 is 0 Å². The zero-order chi connectivity index (χ0) is 26.7. The Bertz CT molecular complexity index is 1330. The first-order valence-corrected chi connectivity index (χ1v) is 13.9. The average molecular weight is 568 g/mol. The van der Waals surface area contributed by atoms with Crippen molar-refractivity contribution in [1.82, 2.24) is 4.90 Å². The third kappa shape index (κ3) is 3.63. The minimum absolute atomic E-state index is 0.0908. The van der Waals surface area contributed by atoms with Gasteiger partial charge in [-0.25, -0.2) is 0 Å². The van der Waals surface area contributed by atoms with E-state index in [0.717, 1.165) is 22.3 Å². The number of benzene rings is 3. The maximum absolute atomic E-state index is 13.8. The summed E-state index contributed by atoms with van der Waals surface area (Å²) in [5.74, 6) is -2.19. The minimum atomic E-state index is -1.16. The number of anilines is 1. The molecule has 2 atom stereocenters. The zero-order valence-corrected chi connectivity index (χ0v) is 22.7. The molecule has 194 valence electrons. The number of nitrogens with one attached hydrogen (secondary N) is 1. The normalized spacial score (nSPS) is 26.7. The molecule has 0 saturated carbocycles. The van der Waals surface area contributed by atoms with Crippen molar-refractivity contribution in [3.05, 3.63) is 100 Å². The van der Waals surface area contributed by atoms with E-state index in [1.165, 1.54) is 4.90 Å². The van der Waals surface area contributed by atoms with Crippen molar-refractivity contribution >= 4 is 58.2 Å². The predicted octanol–water partition coefficient (Wildman–Crippen LogP) is 6.43. The number of carbonyl (C=O) groups is 3. The molecule has 3 amide bonds. The lowest BCUT2D eigenvalue weighted by atomic mass is 9.54. The Balaban J connectivity index is 1.16. The first-order valence-electron chi connectivity index (χ1n) is 12.8. The van der Waals surface area contributed by atoms with Gasteiger partial charge in [0.2, 0.25) is 17.7 Å². The molecule has 3 aromatic carbocycles. The van der Waals surface area contributed by atoms with Crippen LogP contribution >= 0.6 is 34.8 Å². The van der Waals surface area contributed by atoms with Gasteiger partial charge in [-0.2, -0.15) is 0 Å². The maximum atomic E-state index is 13.8. The van der Waals surface area contributed by atoms with Gasteiger partial charge in [-0.05, 0) is 59.4 Å². The third-order valence-corrected chi connectivity index (χ3v) is 9.63. The van der Waals surface area contributed by atoms with Crippen LogP contribution in [0.4, 0.5) is 5.69 Å². The van der Waals surface area contributed by atoms with E-state index in [9.17, 15) is 14.4 Å². The van der Waals surface area contributed by atoms with Crippen molar-refractivity contribution < 1.29 is 14.4 Å². The van der Waals surface area contributed by atoms with Gasteiger partial charge in [-0.1, -0.05) is 66.6 Å². The largest absolute Gasteiger partial charge is 0.326 e. The van der Waals surface area contributed by atoms with E-state index in [4.69, 9.17) is 34.8 Å². The predicted molar refractivity (Wildman–Crippen MR) is 148 cm³/mol. The summed E-state index contributed by atoms with van der Waals surface area (Å²) in [5, 5.41) is 3.45. The lowest BCUT2D eigenvalue weighted by molar-refractivity contribution is -0.140. The van der Waals surface area contributed by atoms with Gasteiger partial charge in [-0.15, -0.1) is 23.2 Å². The molecular formula is C30H25Cl3N2O3. The van der Waals surface area contributed by atoms with Crippen molar-refractivity contribution in [1.29, 1.82) is 0 Å². The van der Waals surface area contributed by atoms with E-state index in [0.29, 0.717) is 36.4 Å². The van der Waals surface area contributed by atoms with Crippen LogP contribution in [0, 0.1) is 11.8 Å². The van der Waals surface area contributed by atoms with Crippen molar-refractivity contribution in [3.63, 3.8) is 0 Å². The van der Waals surface area contributed by atoms with Gasteiger partial charge in [0, 0.05) is 23.7 Å². The van der Waals surface area contributed by atoms with Crippen LogP contribution in [0.15, 0.2) is 72.8 Å². The second-order valence-corrected chi connectivity index (χ2v) is 11.8. The number of halogens is 3. The summed E-state index contributed by atoms with van der Waals surface area (Å²) in [6.07, 6.45) is 2.27. The van der Waals surface area contributed by atoms with Crippen LogP contribution in [-0.2, 0) is 24.1 Å². The number of rotatable bonds is 7. The molecule has 3 aliphatic carbocycles. The monoisotopic (exact) mass is 566 g/mol. The molecule has 0 radical (unpaired) electrons. The summed E-state index contributed by atoms with van der Waals surface area (Å²) in [5.41, 5.74) is 3.88. The van der Waals surface area contributed by atoms with Crippen LogP contribution < -0.4 is 5.32 Å². The molecule has 1 saturated heterocycles. The summed E-state index contributed by atoms with van der Waals surface area (Å²) >= 11 is 20.7. The van der Waals surface area contributed by atoms with Crippen molar-refractivity contribution in [3.8, 4) is 0 Å². The van der Waals surface area contributed by atoms with Gasteiger partial charge < -0.3 is 5.32 Å². The Morgan fingerprint density at radius 3 is 1.68 bits per heavy atom. The minimum Gasteiger partial charge on any atom is -0.326 e. The van der Waals surface area contributed by atoms with Crippen LogP contribution in [0.25, 0.3) is 0 Å². The SMILES string of the molecule is O=C(CCCCCN1C(=O)[C@@H]2[C@@H](C1=O)C1(Cl)c3ccccc3C2(Cl)c2ccccc21)Nc1ccc(Cl)cc1. The summed E-state index contributed by atoms with van der Waals surface area (Å²) in [4.78, 5) is 38.9. The van der Waals surface area contributed by atoms with Crippen LogP contribution in [-0.4, -0.2) is 29.2 Å². The molecular weight excluding hydrogens is 543 g/mol. The number of unbranched alkanes of at least 4 members (excludes halogenated alkanes) is 2. The quantitative estimate of drug-likeness (QED) is 0.203. The molecule has 1 aliphatic heterocycles. The third-order valence-electron chi connectivity index (χ3n) is 8.09. The second-order valence-electron chi connectivity index (χ2n) is 10.2. The maximum Gasteiger partial charge on any atom is 0.235 e. The fourth-order valence-electron chi connectivity index (χ4n) is 6.43. The molecule has 4 aliphatic rings. The van der Waals surface area contributed by atoms with E-state index in [1.807, 2.05) is 48.5 Å². The molecule has 1 fully saturated rings. The number of alkyl halides is 2. The van der Waals surface area contributed by atoms with Crippen LogP contribution in [0.2, 0.25) is 5.02 Å². The number of likely N-dealkylation sites (tertiary alicyclic amines) is 1. The van der Waals surface area contributed by atoms with Gasteiger partial charge in [0.1, 0.15) is 9.75 Å². The first-order chi connectivity index (χ1) is 18.3. The molecule has 1 N–H and O–H groups in total. The molecule has 0 unspecified atom stereocenters. The van der Waals surface area contributed by atoms with E-state index in [1.54, 1.807) is 24.3 Å². The van der Waals surface area contributed by atoms with Gasteiger partial charge in [0.25, 0.3) is 0 Å². The summed E-state index contributed by atoms with van der Waals surface area (Å²) in [6, 6.07) is 22.2. The molecule has 0 aromatic heterocycles. The summed E-state index contributed by atoms with van der Waals surface area (Å²) in [6.45, 7) is 0.274. The highest BCUT2D eigenvalue weighted by Gasteiger charge is 2.72. The first kappa shape index (κ1) is 25.4. The number of nitrogens with zero attached hydrogens (tertiary/aromatic N) is 1. The van der Waals surface area contributed by atoms with Gasteiger partial charge in [0.05, 0.1) is 11.8 Å². The van der Waals surface area contributed by atoms with Gasteiger partial charge in [-0.3, -0.25) is 19.3 Å². The van der Waals surface area contributed by atoms with E-state index < -0.39 is 21.6 Å². The molecule has 0 spiro atoms. The Morgan fingerprint density at radius 1 is 0.737 bits per heavy atom. The van der Waals surface area contributed by atoms with Crippen molar-refractivity contribution in [2.45, 2.75) is 35.4 Å². The zero-order valence-electron chi connectivity index (χ0n) is 20.4. The Morgan fingerprint density at radius 2 is 1.21 bits per heavy atom. The summed E-state index contributed by atoms with van der Waals surface area (Å²) < 4.78 is 0. The summed E-state index contributed by atoms with van der Waals surface area (Å²) in [7, 11) is 0. The molecule has 38 heavy (non-hydrogen) atoms. The molecule has 1 heterocycles. The molecule has 7 rings (SSSR count). The van der Waals surface area contributed by atoms with Crippen LogP contribution in [0.3, 0.4) is 0 Å². The highest BCUT2D eigenvalue weighted by Crippen LogP contribution is 2.69. The van der Waals surface area contributed by atoms with Gasteiger partial charge in [0.15, 0.2) is 0 Å². The van der Waals surface area contributed by atoms with E-state index in [-0.39, 0.29) is 24.3 Å². The Hall–Kier alpha value is -2.86. The highest BCUT2D eigenvalue weighted by molar-refractivity contribution is 6.36. The van der Waals surface area contributed by atoms with Gasteiger partial charge >= 0.3 is 0 Å². The van der Waals surface area contributed by atoms with Crippen LogP contribution in [0.5, 0.6) is 0 Å². The lowest BCUT2D eigenvalue weighted by Gasteiger charge is -2.54. The standard InChI is InChI=1S/C30H25Cl3N2O3/c31-18-13-15-19(16-14-18)34-24(36)12-2-1-7-17-35-27(37)25-26(28(35)38)30(33)21-9-4-3-8-20(21)29(25,32)22-10-5-6-11-23(22)30/h3-6,8-11,13-16,25-26H,1-2,7,12,17H2,(H,34,36)/t25-,26-,29?,30?/m0/s1. The smallest absolute Gasteiger partial charge is 0.235 e. The Labute approximate surface area is 236 Å². The number of hydrogen-bond donors (Lipinski definition) is 1. The second kappa shape index (κ2) is 9.41. The Kier molecular flexibility index (Phi) is 6.29.